The summed E-state index contributed by atoms with van der Waals surface area (Å²) in [4.78, 5) is 11.8. The van der Waals surface area contributed by atoms with E-state index in [9.17, 15) is 9.18 Å². The van der Waals surface area contributed by atoms with E-state index in [0.29, 0.717) is 6.54 Å². The predicted octanol–water partition coefficient (Wildman–Crippen LogP) is 3.03. The number of nitrogens with one attached hydrogen (secondary N) is 1. The van der Waals surface area contributed by atoms with Gasteiger partial charge >= 0.3 is 0 Å². The van der Waals surface area contributed by atoms with Crippen molar-refractivity contribution in [2.75, 3.05) is 12.3 Å². The van der Waals surface area contributed by atoms with E-state index < -0.39 is 5.82 Å². The van der Waals surface area contributed by atoms with E-state index in [1.165, 1.54) is 36.6 Å². The van der Waals surface area contributed by atoms with Crippen LogP contribution in [0, 0.1) is 5.82 Å². The molecule has 0 bridgehead atoms. The summed E-state index contributed by atoms with van der Waals surface area (Å²) in [5.41, 5.74) is 7.46. The van der Waals surface area contributed by atoms with Crippen molar-refractivity contribution in [3.8, 4) is 0 Å². The number of hydrogen-bond donors (Lipinski definition) is 2. The minimum Gasteiger partial charge on any atom is -0.399 e. The quantitative estimate of drug-likeness (QED) is 0.647. The molecule has 0 fully saturated rings. The Morgan fingerprint density at radius 3 is 2.84 bits per heavy atom. The third-order valence-corrected chi connectivity index (χ3v) is 3.30. The van der Waals surface area contributed by atoms with Crippen molar-refractivity contribution in [1.29, 1.82) is 0 Å². The van der Waals surface area contributed by atoms with Gasteiger partial charge in [0.05, 0.1) is 0 Å². The minimum atomic E-state index is -0.486. The van der Waals surface area contributed by atoms with Crippen LogP contribution >= 0.6 is 0 Å². The first-order valence-corrected chi connectivity index (χ1v) is 6.67. The number of amides is 1. The van der Waals surface area contributed by atoms with Crippen LogP contribution in [0.1, 0.15) is 42.5 Å². The average Bonchev–Trinajstić information content (AvgIpc) is 2.38. The Morgan fingerprint density at radius 2 is 2.16 bits per heavy atom. The van der Waals surface area contributed by atoms with Gasteiger partial charge in [-0.25, -0.2) is 4.39 Å². The molecule has 0 radical (unpaired) electrons. The Bertz CT molecular complexity index is 477. The molecule has 1 amide bonds. The van der Waals surface area contributed by atoms with E-state index in [-0.39, 0.29) is 17.2 Å². The number of carbonyl (C=O) groups excluding carboxylic acids is 1. The molecule has 1 aromatic rings. The van der Waals surface area contributed by atoms with E-state index in [2.05, 4.69) is 11.4 Å². The maximum absolute atomic E-state index is 13.1. The number of nitrogens with two attached hydrogens (primary N) is 1. The summed E-state index contributed by atoms with van der Waals surface area (Å²) >= 11 is 0. The molecular weight excluding hydrogens is 243 g/mol. The standard InChI is InChI=1S/C15H19FN2O/c16-13-8-12(9-14(17)10-13)15(19)18-7-6-11-4-2-1-3-5-11/h4,8-10H,1-3,5-7,17H2,(H,18,19). The number of allylic oxidation sites excluding steroid dienone is 1. The fourth-order valence-electron chi connectivity index (χ4n) is 2.31. The van der Waals surface area contributed by atoms with E-state index in [1.54, 1.807) is 0 Å². The molecule has 0 spiro atoms. The van der Waals surface area contributed by atoms with Gasteiger partial charge in [0, 0.05) is 17.8 Å². The summed E-state index contributed by atoms with van der Waals surface area (Å²) in [6.07, 6.45) is 7.90. The molecule has 0 atom stereocenters. The van der Waals surface area contributed by atoms with E-state index in [1.807, 2.05) is 0 Å². The average molecular weight is 262 g/mol. The molecule has 1 aliphatic rings. The van der Waals surface area contributed by atoms with Crippen LogP contribution in [0.3, 0.4) is 0 Å². The van der Waals surface area contributed by atoms with Crippen LogP contribution in [0.4, 0.5) is 10.1 Å². The molecule has 0 heterocycles. The molecule has 1 aromatic carbocycles. The Balaban J connectivity index is 1.85. The number of anilines is 1. The van der Waals surface area contributed by atoms with Gasteiger partial charge < -0.3 is 11.1 Å². The van der Waals surface area contributed by atoms with Crippen molar-refractivity contribution >= 4 is 11.6 Å². The SMILES string of the molecule is Nc1cc(F)cc(C(=O)NCCC2=CCCCC2)c1. The number of halogens is 1. The van der Waals surface area contributed by atoms with Crippen LogP contribution < -0.4 is 11.1 Å². The summed E-state index contributed by atoms with van der Waals surface area (Å²) in [6.45, 7) is 0.584. The molecule has 3 N–H and O–H groups in total. The molecule has 4 heteroatoms. The largest absolute Gasteiger partial charge is 0.399 e. The molecule has 3 nitrogen and oxygen atoms in total. The summed E-state index contributed by atoms with van der Waals surface area (Å²) < 4.78 is 13.1. The number of carbonyl (C=O) groups is 1. The summed E-state index contributed by atoms with van der Waals surface area (Å²) in [6, 6.07) is 3.88. The second kappa shape index (κ2) is 6.36. The zero-order chi connectivity index (χ0) is 13.7. The highest BCUT2D eigenvalue weighted by Crippen LogP contribution is 2.19. The number of rotatable bonds is 4. The van der Waals surface area contributed by atoms with Crippen LogP contribution in [-0.4, -0.2) is 12.5 Å². The summed E-state index contributed by atoms with van der Waals surface area (Å²) in [5, 5.41) is 2.80. The van der Waals surface area contributed by atoms with Gasteiger partial charge in [0.15, 0.2) is 0 Å². The van der Waals surface area contributed by atoms with Crippen molar-refractivity contribution < 1.29 is 9.18 Å². The predicted molar refractivity (Wildman–Crippen MR) is 74.3 cm³/mol. The van der Waals surface area contributed by atoms with Gasteiger partial charge in [0.25, 0.3) is 5.91 Å². The van der Waals surface area contributed by atoms with E-state index >= 15 is 0 Å². The van der Waals surface area contributed by atoms with Crippen molar-refractivity contribution in [3.63, 3.8) is 0 Å². The van der Waals surface area contributed by atoms with Gasteiger partial charge in [0.2, 0.25) is 0 Å². The molecule has 19 heavy (non-hydrogen) atoms. The van der Waals surface area contributed by atoms with E-state index in [0.717, 1.165) is 19.3 Å². The highest BCUT2D eigenvalue weighted by molar-refractivity contribution is 5.95. The molecule has 2 rings (SSSR count). The van der Waals surface area contributed by atoms with Gasteiger partial charge in [-0.15, -0.1) is 0 Å². The first kappa shape index (κ1) is 13.6. The molecule has 0 aliphatic heterocycles. The molecule has 102 valence electrons. The molecular formula is C15H19FN2O. The lowest BCUT2D eigenvalue weighted by Gasteiger charge is -2.13. The summed E-state index contributed by atoms with van der Waals surface area (Å²) in [7, 11) is 0. The number of hydrogen-bond acceptors (Lipinski definition) is 2. The second-order valence-electron chi connectivity index (χ2n) is 4.89. The monoisotopic (exact) mass is 262 g/mol. The Kier molecular flexibility index (Phi) is 4.55. The van der Waals surface area contributed by atoms with Gasteiger partial charge in [-0.2, -0.15) is 0 Å². The fourth-order valence-corrected chi connectivity index (χ4v) is 2.31. The van der Waals surface area contributed by atoms with Crippen LogP contribution in [0.25, 0.3) is 0 Å². The minimum absolute atomic E-state index is 0.264. The highest BCUT2D eigenvalue weighted by Gasteiger charge is 2.08. The van der Waals surface area contributed by atoms with Gasteiger partial charge in [0.1, 0.15) is 5.82 Å². The lowest BCUT2D eigenvalue weighted by Crippen LogP contribution is -2.25. The maximum atomic E-state index is 13.1. The number of nitrogen functional groups attached to an aromatic ring is 1. The Hall–Kier alpha value is -1.84. The third kappa shape index (κ3) is 4.09. The zero-order valence-electron chi connectivity index (χ0n) is 10.9. The van der Waals surface area contributed by atoms with Gasteiger partial charge in [-0.05, 0) is 50.3 Å². The molecule has 1 aliphatic carbocycles. The normalized spacial score (nSPS) is 14.9. The highest BCUT2D eigenvalue weighted by atomic mass is 19.1. The van der Waals surface area contributed by atoms with Crippen LogP contribution in [0.2, 0.25) is 0 Å². The molecule has 0 unspecified atom stereocenters. The Morgan fingerprint density at radius 1 is 1.32 bits per heavy atom. The second-order valence-corrected chi connectivity index (χ2v) is 4.89. The first-order chi connectivity index (χ1) is 9.15. The number of benzene rings is 1. The molecule has 0 saturated heterocycles. The van der Waals surface area contributed by atoms with Crippen molar-refractivity contribution in [1.82, 2.24) is 5.32 Å². The zero-order valence-corrected chi connectivity index (χ0v) is 10.9. The van der Waals surface area contributed by atoms with Gasteiger partial charge in [-0.1, -0.05) is 11.6 Å². The molecule has 0 aromatic heterocycles. The topological polar surface area (TPSA) is 55.1 Å². The maximum Gasteiger partial charge on any atom is 0.251 e. The lowest BCUT2D eigenvalue weighted by molar-refractivity contribution is 0.0953. The van der Waals surface area contributed by atoms with Crippen LogP contribution in [-0.2, 0) is 0 Å². The molecule has 0 saturated carbocycles. The van der Waals surface area contributed by atoms with Crippen molar-refractivity contribution in [3.05, 3.63) is 41.2 Å². The van der Waals surface area contributed by atoms with Crippen molar-refractivity contribution in [2.45, 2.75) is 32.1 Å². The van der Waals surface area contributed by atoms with Gasteiger partial charge in [-0.3, -0.25) is 4.79 Å². The third-order valence-electron chi connectivity index (χ3n) is 3.30. The van der Waals surface area contributed by atoms with Crippen LogP contribution in [0.15, 0.2) is 29.8 Å². The fraction of sp³-hybridized carbons (Fsp3) is 0.400. The smallest absolute Gasteiger partial charge is 0.251 e. The lowest BCUT2D eigenvalue weighted by atomic mass is 9.97. The van der Waals surface area contributed by atoms with Crippen molar-refractivity contribution in [2.24, 2.45) is 0 Å². The van der Waals surface area contributed by atoms with E-state index in [4.69, 9.17) is 5.73 Å². The summed E-state index contributed by atoms with van der Waals surface area (Å²) in [5.74, 6) is -0.761. The first-order valence-electron chi connectivity index (χ1n) is 6.67. The van der Waals surface area contributed by atoms with Crippen LogP contribution in [0.5, 0.6) is 0 Å². The Labute approximate surface area is 112 Å².